The van der Waals surface area contributed by atoms with Crippen LogP contribution in [0.4, 0.5) is 5.82 Å². The Kier molecular flexibility index (Phi) is 8.52. The van der Waals surface area contributed by atoms with E-state index >= 15 is 0 Å². The average Bonchev–Trinajstić information content (AvgIpc) is 2.62. The highest BCUT2D eigenvalue weighted by Gasteiger charge is 2.28. The van der Waals surface area contributed by atoms with E-state index in [4.69, 9.17) is 15.9 Å². The van der Waals surface area contributed by atoms with E-state index in [1.54, 1.807) is 12.1 Å². The smallest absolute Gasteiger partial charge is 0.323 e. The Morgan fingerprint density at radius 2 is 1.96 bits per heavy atom. The van der Waals surface area contributed by atoms with Crippen molar-refractivity contribution in [2.24, 2.45) is 5.73 Å². The van der Waals surface area contributed by atoms with Gasteiger partial charge in [-0.2, -0.15) is 12.6 Å². The Morgan fingerprint density at radius 1 is 1.27 bits per heavy atom. The van der Waals surface area contributed by atoms with E-state index in [1.807, 2.05) is 0 Å². The predicted molar refractivity (Wildman–Crippen MR) is 94.9 cm³/mol. The lowest BCUT2D eigenvalue weighted by Gasteiger charge is -2.25. The molecule has 0 spiro atoms. The minimum Gasteiger partial charge on any atom is -0.480 e. The molecule has 5 N–H and O–H groups in total. The fraction of sp³-hybridized carbons (Fsp3) is 0.400. The average molecular weight is 384 g/mol. The van der Waals surface area contributed by atoms with Crippen LogP contribution in [0.5, 0.6) is 0 Å². The molecule has 1 aromatic heterocycles. The summed E-state index contributed by atoms with van der Waals surface area (Å²) in [5.74, 6) is -3.74. The minimum absolute atomic E-state index is 0.0848. The third kappa shape index (κ3) is 6.69. The molecule has 1 heterocycles. The normalized spacial score (nSPS) is 12.7. The van der Waals surface area contributed by atoms with Crippen LogP contribution in [0.15, 0.2) is 24.4 Å². The van der Waals surface area contributed by atoms with Crippen molar-refractivity contribution in [2.75, 3.05) is 17.2 Å². The van der Waals surface area contributed by atoms with Crippen LogP contribution in [0.1, 0.15) is 12.8 Å². The van der Waals surface area contributed by atoms with Gasteiger partial charge in [-0.25, -0.2) is 4.98 Å². The van der Waals surface area contributed by atoms with Crippen molar-refractivity contribution in [1.29, 1.82) is 0 Å². The Morgan fingerprint density at radius 3 is 2.46 bits per heavy atom. The van der Waals surface area contributed by atoms with Gasteiger partial charge in [0.25, 0.3) is 5.91 Å². The van der Waals surface area contributed by atoms with Gasteiger partial charge in [-0.05, 0) is 18.6 Å². The number of nitrogens with two attached hydrogens (primary N) is 1. The van der Waals surface area contributed by atoms with Crippen LogP contribution in [0.3, 0.4) is 0 Å². The zero-order chi connectivity index (χ0) is 19.7. The number of aromatic nitrogens is 1. The van der Waals surface area contributed by atoms with Gasteiger partial charge < -0.3 is 21.3 Å². The van der Waals surface area contributed by atoms with E-state index in [2.05, 4.69) is 22.9 Å². The fourth-order valence-electron chi connectivity index (χ4n) is 1.97. The highest BCUT2D eigenvalue weighted by molar-refractivity contribution is 7.80. The Bertz CT molecular complexity index is 657. The Balaban J connectivity index is 2.82. The van der Waals surface area contributed by atoms with E-state index in [-0.39, 0.29) is 24.4 Å². The third-order valence-corrected chi connectivity index (χ3v) is 3.67. The summed E-state index contributed by atoms with van der Waals surface area (Å²) < 4.78 is 0. The van der Waals surface area contributed by atoms with Gasteiger partial charge in [0.2, 0.25) is 5.91 Å². The Labute approximate surface area is 154 Å². The summed E-state index contributed by atoms with van der Waals surface area (Å²) in [6, 6.07) is 2.36. The molecule has 2 atom stereocenters. The molecule has 1 aromatic rings. The number of amides is 2. The number of pyridine rings is 1. The summed E-state index contributed by atoms with van der Waals surface area (Å²) >= 11 is 4.02. The summed E-state index contributed by atoms with van der Waals surface area (Å²) in [6.45, 7) is -0.639. The molecule has 0 fully saturated rings. The monoisotopic (exact) mass is 384 g/mol. The molecule has 0 aliphatic heterocycles. The molecule has 2 amide bonds. The van der Waals surface area contributed by atoms with Crippen molar-refractivity contribution >= 4 is 42.2 Å². The van der Waals surface area contributed by atoms with Gasteiger partial charge in [0.1, 0.15) is 24.4 Å². The molecular formula is C15H20N4O6S. The second kappa shape index (κ2) is 10.4. The lowest BCUT2D eigenvalue weighted by molar-refractivity contribution is -0.139. The molecule has 1 rings (SSSR count). The molecule has 26 heavy (non-hydrogen) atoms. The van der Waals surface area contributed by atoms with Crippen LogP contribution >= 0.6 is 12.6 Å². The summed E-state index contributed by atoms with van der Waals surface area (Å²) in [5, 5.41) is 20.1. The largest absolute Gasteiger partial charge is 0.480 e. The number of carboxylic acid groups (broad SMARTS) is 2. The first-order valence-corrected chi connectivity index (χ1v) is 8.22. The first-order chi connectivity index (χ1) is 12.3. The van der Waals surface area contributed by atoms with Crippen LogP contribution in [0.2, 0.25) is 0 Å². The molecule has 0 saturated carbocycles. The molecule has 11 heteroatoms. The van der Waals surface area contributed by atoms with Crippen LogP contribution in [-0.4, -0.2) is 63.3 Å². The number of nitrogens with one attached hydrogen (secondary N) is 1. The summed E-state index contributed by atoms with van der Waals surface area (Å²) in [7, 11) is 0. The van der Waals surface area contributed by atoms with Crippen molar-refractivity contribution in [3.63, 3.8) is 0 Å². The summed E-state index contributed by atoms with van der Waals surface area (Å²) in [6.07, 6.45) is 1.10. The maximum Gasteiger partial charge on any atom is 0.323 e. The van der Waals surface area contributed by atoms with Crippen molar-refractivity contribution in [1.82, 2.24) is 10.3 Å². The van der Waals surface area contributed by atoms with E-state index in [1.165, 1.54) is 12.3 Å². The predicted octanol–water partition coefficient (Wildman–Crippen LogP) is -0.894. The lowest BCUT2D eigenvalue weighted by atomic mass is 10.1. The quantitative estimate of drug-likeness (QED) is 0.324. The maximum atomic E-state index is 12.6. The third-order valence-electron chi connectivity index (χ3n) is 3.30. The van der Waals surface area contributed by atoms with Crippen LogP contribution in [0, 0.1) is 0 Å². The Hall–Kier alpha value is -2.66. The van der Waals surface area contributed by atoms with Gasteiger partial charge in [-0.1, -0.05) is 6.07 Å². The molecular weight excluding hydrogens is 364 g/mol. The SMILES string of the molecule is NC(CCC(=O)NC(CS)C(=O)N(CC(=O)O)c1ccccn1)C(=O)O. The van der Waals surface area contributed by atoms with Gasteiger partial charge in [0.15, 0.2) is 0 Å². The molecule has 0 aliphatic carbocycles. The second-order valence-electron chi connectivity index (χ2n) is 5.29. The number of thiol groups is 1. The standard InChI is InChI=1S/C15H20N4O6S/c16-9(15(24)25)4-5-12(20)18-10(8-26)14(23)19(7-13(21)22)11-3-1-2-6-17-11/h1-3,6,9-10,26H,4-5,7-8,16H2,(H,18,20)(H,21,22)(H,24,25). The molecule has 10 nitrogen and oxygen atoms in total. The number of carboxylic acids is 2. The van der Waals surface area contributed by atoms with Crippen molar-refractivity contribution in [3.8, 4) is 0 Å². The molecule has 0 bridgehead atoms. The number of nitrogens with zero attached hydrogens (tertiary/aromatic N) is 2. The molecule has 0 aliphatic rings. The summed E-state index contributed by atoms with van der Waals surface area (Å²) in [4.78, 5) is 51.2. The van der Waals surface area contributed by atoms with Crippen molar-refractivity contribution in [2.45, 2.75) is 24.9 Å². The van der Waals surface area contributed by atoms with E-state index in [0.29, 0.717) is 0 Å². The van der Waals surface area contributed by atoms with Crippen LogP contribution < -0.4 is 16.0 Å². The highest BCUT2D eigenvalue weighted by Crippen LogP contribution is 2.12. The maximum absolute atomic E-state index is 12.6. The number of carbonyl (C=O) groups excluding carboxylic acids is 2. The van der Waals surface area contributed by atoms with Crippen LogP contribution in [-0.2, 0) is 19.2 Å². The highest BCUT2D eigenvalue weighted by atomic mass is 32.1. The number of carbonyl (C=O) groups is 4. The number of hydrogen-bond acceptors (Lipinski definition) is 7. The molecule has 2 unspecified atom stereocenters. The first-order valence-electron chi connectivity index (χ1n) is 7.59. The first kappa shape index (κ1) is 21.4. The molecule has 0 aromatic carbocycles. The van der Waals surface area contributed by atoms with E-state index in [0.717, 1.165) is 4.90 Å². The van der Waals surface area contributed by atoms with Gasteiger partial charge >= 0.3 is 11.9 Å². The number of aliphatic carboxylic acids is 2. The second-order valence-corrected chi connectivity index (χ2v) is 5.66. The molecule has 142 valence electrons. The van der Waals surface area contributed by atoms with Crippen LogP contribution in [0.25, 0.3) is 0 Å². The van der Waals surface area contributed by atoms with E-state index in [9.17, 15) is 19.2 Å². The molecule has 0 radical (unpaired) electrons. The molecule has 0 saturated heterocycles. The van der Waals surface area contributed by atoms with Crippen molar-refractivity contribution < 1.29 is 29.4 Å². The lowest BCUT2D eigenvalue weighted by Crippen LogP contribution is -2.51. The van der Waals surface area contributed by atoms with Crippen molar-refractivity contribution in [3.05, 3.63) is 24.4 Å². The summed E-state index contributed by atoms with van der Waals surface area (Å²) in [5.41, 5.74) is 5.32. The number of rotatable bonds is 10. The zero-order valence-electron chi connectivity index (χ0n) is 13.7. The van der Waals surface area contributed by atoms with Gasteiger partial charge in [0.05, 0.1) is 0 Å². The van der Waals surface area contributed by atoms with Gasteiger partial charge in [-0.15, -0.1) is 0 Å². The fourth-order valence-corrected chi connectivity index (χ4v) is 2.22. The van der Waals surface area contributed by atoms with Gasteiger partial charge in [-0.3, -0.25) is 24.1 Å². The van der Waals surface area contributed by atoms with Gasteiger partial charge in [0, 0.05) is 18.4 Å². The zero-order valence-corrected chi connectivity index (χ0v) is 14.6. The number of hydrogen-bond donors (Lipinski definition) is 5. The minimum atomic E-state index is -1.25. The van der Waals surface area contributed by atoms with E-state index < -0.39 is 42.4 Å². The number of anilines is 1. The topological polar surface area (TPSA) is 163 Å².